The highest BCUT2D eigenvalue weighted by atomic mass is 79.9. The van der Waals surface area contributed by atoms with Crippen LogP contribution >= 0.6 is 15.9 Å². The molecule has 0 bridgehead atoms. The molecule has 0 aliphatic heterocycles. The van der Waals surface area contributed by atoms with Gasteiger partial charge in [-0.1, -0.05) is 34.1 Å². The first-order chi connectivity index (χ1) is 8.74. The van der Waals surface area contributed by atoms with E-state index in [9.17, 15) is 0 Å². The van der Waals surface area contributed by atoms with Crippen LogP contribution in [0.4, 0.5) is 5.69 Å². The van der Waals surface area contributed by atoms with Gasteiger partial charge in [0, 0.05) is 16.2 Å². The van der Waals surface area contributed by atoms with Gasteiger partial charge in [0.15, 0.2) is 0 Å². The third-order valence-corrected chi connectivity index (χ3v) is 2.72. The molecule has 3 nitrogen and oxygen atoms in total. The molecule has 94 valence electrons. The van der Waals surface area contributed by atoms with E-state index >= 15 is 0 Å². The molecule has 2 aromatic rings. The van der Waals surface area contributed by atoms with Gasteiger partial charge in [0.1, 0.15) is 24.7 Å². The lowest BCUT2D eigenvalue weighted by molar-refractivity contribution is 0.217. The summed E-state index contributed by atoms with van der Waals surface area (Å²) in [4.78, 5) is 0. The standard InChI is InChI=1S/C14H14BrNO2/c15-11-8-12(16)10-14(9-11)18-7-6-17-13-4-2-1-3-5-13/h1-5,8-10H,6-7,16H2. The van der Waals surface area contributed by atoms with Crippen molar-refractivity contribution in [3.63, 3.8) is 0 Å². The predicted octanol–water partition coefficient (Wildman–Crippen LogP) is 3.49. The molecule has 18 heavy (non-hydrogen) atoms. The number of anilines is 1. The van der Waals surface area contributed by atoms with Crippen molar-refractivity contribution in [3.05, 3.63) is 53.0 Å². The Labute approximate surface area is 115 Å². The number of hydrogen-bond acceptors (Lipinski definition) is 3. The summed E-state index contributed by atoms with van der Waals surface area (Å²) in [5.74, 6) is 1.58. The first-order valence-electron chi connectivity index (χ1n) is 5.61. The molecule has 0 unspecified atom stereocenters. The summed E-state index contributed by atoms with van der Waals surface area (Å²) < 4.78 is 12.0. The van der Waals surface area contributed by atoms with Crippen LogP contribution in [-0.2, 0) is 0 Å². The van der Waals surface area contributed by atoms with Crippen molar-refractivity contribution in [1.82, 2.24) is 0 Å². The van der Waals surface area contributed by atoms with Gasteiger partial charge in [-0.15, -0.1) is 0 Å². The van der Waals surface area contributed by atoms with E-state index in [4.69, 9.17) is 15.2 Å². The smallest absolute Gasteiger partial charge is 0.122 e. The van der Waals surface area contributed by atoms with E-state index in [1.54, 1.807) is 6.07 Å². The van der Waals surface area contributed by atoms with Crippen molar-refractivity contribution in [3.8, 4) is 11.5 Å². The fourth-order valence-electron chi connectivity index (χ4n) is 1.50. The number of halogens is 1. The van der Waals surface area contributed by atoms with Crippen LogP contribution in [0.1, 0.15) is 0 Å². The molecular weight excluding hydrogens is 294 g/mol. The Morgan fingerprint density at radius 1 is 0.889 bits per heavy atom. The molecule has 0 heterocycles. The molecule has 0 fully saturated rings. The van der Waals surface area contributed by atoms with Gasteiger partial charge in [-0.3, -0.25) is 0 Å². The number of nitrogens with two attached hydrogens (primary N) is 1. The summed E-state index contributed by atoms with van der Waals surface area (Å²) in [6.07, 6.45) is 0. The molecular formula is C14H14BrNO2. The molecule has 2 aromatic carbocycles. The molecule has 0 spiro atoms. The Bertz CT molecular complexity index is 482. The van der Waals surface area contributed by atoms with Crippen LogP contribution in [0.3, 0.4) is 0 Å². The van der Waals surface area contributed by atoms with E-state index in [0.717, 1.165) is 16.0 Å². The number of nitrogen functional groups attached to an aromatic ring is 1. The SMILES string of the molecule is Nc1cc(Br)cc(OCCOc2ccccc2)c1. The minimum absolute atomic E-state index is 0.477. The van der Waals surface area contributed by atoms with E-state index in [1.807, 2.05) is 42.5 Å². The maximum Gasteiger partial charge on any atom is 0.122 e. The second kappa shape index (κ2) is 6.31. The van der Waals surface area contributed by atoms with Gasteiger partial charge < -0.3 is 15.2 Å². The molecule has 2 N–H and O–H groups in total. The zero-order valence-electron chi connectivity index (χ0n) is 9.80. The first-order valence-corrected chi connectivity index (χ1v) is 6.40. The molecule has 0 saturated carbocycles. The molecule has 0 aromatic heterocycles. The Morgan fingerprint density at radius 3 is 2.22 bits per heavy atom. The normalized spacial score (nSPS) is 10.1. The van der Waals surface area contributed by atoms with Crippen LogP contribution < -0.4 is 15.2 Å². The average Bonchev–Trinajstić information content (AvgIpc) is 2.35. The van der Waals surface area contributed by atoms with Gasteiger partial charge in [0.2, 0.25) is 0 Å². The van der Waals surface area contributed by atoms with E-state index in [-0.39, 0.29) is 0 Å². The molecule has 0 saturated heterocycles. The van der Waals surface area contributed by atoms with Gasteiger partial charge in [0.25, 0.3) is 0 Å². The molecule has 0 amide bonds. The molecule has 4 heteroatoms. The topological polar surface area (TPSA) is 44.5 Å². The van der Waals surface area contributed by atoms with Crippen molar-refractivity contribution < 1.29 is 9.47 Å². The third-order valence-electron chi connectivity index (χ3n) is 2.26. The van der Waals surface area contributed by atoms with Crippen molar-refractivity contribution in [2.24, 2.45) is 0 Å². The first kappa shape index (κ1) is 12.8. The lowest BCUT2D eigenvalue weighted by atomic mass is 10.3. The minimum atomic E-state index is 0.477. The highest BCUT2D eigenvalue weighted by Gasteiger charge is 1.98. The van der Waals surface area contributed by atoms with Gasteiger partial charge in [0.05, 0.1) is 0 Å². The number of benzene rings is 2. The van der Waals surface area contributed by atoms with Crippen molar-refractivity contribution in [2.45, 2.75) is 0 Å². The molecule has 0 aliphatic carbocycles. The summed E-state index contributed by atoms with van der Waals surface area (Å²) in [5, 5.41) is 0. The van der Waals surface area contributed by atoms with Crippen LogP contribution in [0.25, 0.3) is 0 Å². The fourth-order valence-corrected chi connectivity index (χ4v) is 1.99. The van der Waals surface area contributed by atoms with Gasteiger partial charge in [-0.05, 0) is 24.3 Å². The fraction of sp³-hybridized carbons (Fsp3) is 0.143. The van der Waals surface area contributed by atoms with E-state index in [2.05, 4.69) is 15.9 Å². The van der Waals surface area contributed by atoms with Gasteiger partial charge in [-0.2, -0.15) is 0 Å². The van der Waals surface area contributed by atoms with Crippen LogP contribution in [-0.4, -0.2) is 13.2 Å². The largest absolute Gasteiger partial charge is 0.490 e. The Kier molecular flexibility index (Phi) is 4.47. The summed E-state index contributed by atoms with van der Waals surface area (Å²) in [5.41, 5.74) is 6.38. The van der Waals surface area contributed by atoms with Crippen molar-refractivity contribution in [2.75, 3.05) is 18.9 Å². The monoisotopic (exact) mass is 307 g/mol. The van der Waals surface area contributed by atoms with Crippen LogP contribution in [0, 0.1) is 0 Å². The number of para-hydroxylation sites is 1. The molecule has 0 aliphatic rings. The Hall–Kier alpha value is -1.68. The van der Waals surface area contributed by atoms with Crippen molar-refractivity contribution in [1.29, 1.82) is 0 Å². The van der Waals surface area contributed by atoms with Gasteiger partial charge in [-0.25, -0.2) is 0 Å². The number of hydrogen-bond donors (Lipinski definition) is 1. The molecule has 0 radical (unpaired) electrons. The van der Waals surface area contributed by atoms with Gasteiger partial charge >= 0.3 is 0 Å². The number of ether oxygens (including phenoxy) is 2. The maximum atomic E-state index is 5.71. The van der Waals surface area contributed by atoms with Crippen molar-refractivity contribution >= 4 is 21.6 Å². The van der Waals surface area contributed by atoms with Crippen LogP contribution in [0.2, 0.25) is 0 Å². The zero-order chi connectivity index (χ0) is 12.8. The van der Waals surface area contributed by atoms with E-state index in [0.29, 0.717) is 18.9 Å². The second-order valence-electron chi connectivity index (χ2n) is 3.73. The Balaban J connectivity index is 1.78. The quantitative estimate of drug-likeness (QED) is 0.679. The summed E-state index contributed by atoms with van der Waals surface area (Å²) in [7, 11) is 0. The van der Waals surface area contributed by atoms with Crippen LogP contribution in [0.15, 0.2) is 53.0 Å². The minimum Gasteiger partial charge on any atom is -0.490 e. The summed E-state index contributed by atoms with van der Waals surface area (Å²) in [6.45, 7) is 0.973. The Morgan fingerprint density at radius 2 is 1.56 bits per heavy atom. The third kappa shape index (κ3) is 3.96. The molecule has 0 atom stereocenters. The predicted molar refractivity (Wildman–Crippen MR) is 76.0 cm³/mol. The maximum absolute atomic E-state index is 5.71. The van der Waals surface area contributed by atoms with E-state index < -0.39 is 0 Å². The zero-order valence-corrected chi connectivity index (χ0v) is 11.4. The number of rotatable bonds is 5. The molecule has 2 rings (SSSR count). The highest BCUT2D eigenvalue weighted by Crippen LogP contribution is 2.22. The summed E-state index contributed by atoms with van der Waals surface area (Å²) in [6, 6.07) is 15.1. The van der Waals surface area contributed by atoms with E-state index in [1.165, 1.54) is 0 Å². The highest BCUT2D eigenvalue weighted by molar-refractivity contribution is 9.10. The van der Waals surface area contributed by atoms with Crippen LogP contribution in [0.5, 0.6) is 11.5 Å². The second-order valence-corrected chi connectivity index (χ2v) is 4.65. The average molecular weight is 308 g/mol. The lowest BCUT2D eigenvalue weighted by Crippen LogP contribution is -2.09. The summed E-state index contributed by atoms with van der Waals surface area (Å²) >= 11 is 3.37. The lowest BCUT2D eigenvalue weighted by Gasteiger charge is -2.09.